The predicted molar refractivity (Wildman–Crippen MR) is 120 cm³/mol. The number of benzene rings is 3. The lowest BCUT2D eigenvalue weighted by Gasteiger charge is -2.10. The summed E-state index contributed by atoms with van der Waals surface area (Å²) in [4.78, 5) is 12.6. The summed E-state index contributed by atoms with van der Waals surface area (Å²) in [6.45, 7) is 2.44. The van der Waals surface area contributed by atoms with Gasteiger partial charge in [-0.15, -0.1) is 0 Å². The Bertz CT molecular complexity index is 1150. The zero-order chi connectivity index (χ0) is 20.9. The maximum Gasteiger partial charge on any atom is 0.319 e. The minimum Gasteiger partial charge on any atom is -0.382 e. The number of nitrogens with zero attached hydrogens (tertiary/aromatic N) is 2. The fraction of sp³-hybridized carbons (Fsp3) is 0.0833. The van der Waals surface area contributed by atoms with Crippen LogP contribution in [0.3, 0.4) is 0 Å². The van der Waals surface area contributed by atoms with Gasteiger partial charge in [0.2, 0.25) is 0 Å². The molecule has 30 heavy (non-hydrogen) atoms. The number of aryl methyl sites for hydroxylation is 1. The van der Waals surface area contributed by atoms with E-state index in [4.69, 9.17) is 5.73 Å². The molecule has 0 bridgehead atoms. The lowest BCUT2D eigenvalue weighted by Crippen LogP contribution is -2.28. The zero-order valence-corrected chi connectivity index (χ0v) is 16.7. The molecule has 0 atom stereocenters. The van der Waals surface area contributed by atoms with Crippen molar-refractivity contribution in [3.8, 4) is 16.9 Å². The summed E-state index contributed by atoms with van der Waals surface area (Å²) in [5.41, 5.74) is 11.4. The van der Waals surface area contributed by atoms with Gasteiger partial charge in [-0.3, -0.25) is 0 Å². The van der Waals surface area contributed by atoms with Crippen LogP contribution in [0.4, 0.5) is 16.3 Å². The Labute approximate surface area is 175 Å². The number of rotatable bonds is 5. The smallest absolute Gasteiger partial charge is 0.319 e. The molecule has 0 aliphatic rings. The Hall–Kier alpha value is -4.06. The molecule has 0 fully saturated rings. The van der Waals surface area contributed by atoms with Gasteiger partial charge >= 0.3 is 6.03 Å². The zero-order valence-electron chi connectivity index (χ0n) is 16.7. The molecule has 0 saturated carbocycles. The minimum absolute atomic E-state index is 0.340. The summed E-state index contributed by atoms with van der Waals surface area (Å²) in [6.07, 6.45) is 0. The number of amides is 2. The van der Waals surface area contributed by atoms with Gasteiger partial charge in [0.05, 0.1) is 5.69 Å². The maximum absolute atomic E-state index is 12.6. The van der Waals surface area contributed by atoms with Gasteiger partial charge in [-0.2, -0.15) is 5.10 Å². The molecule has 3 aromatic carbocycles. The first kappa shape index (κ1) is 19.3. The van der Waals surface area contributed by atoms with E-state index >= 15 is 0 Å². The number of hydrogen-bond donors (Lipinski definition) is 3. The number of carbonyl (C=O) groups is 1. The molecule has 6 nitrogen and oxygen atoms in total. The Balaban J connectivity index is 1.62. The van der Waals surface area contributed by atoms with Gasteiger partial charge in [0.15, 0.2) is 5.82 Å². The number of para-hydroxylation sites is 1. The van der Waals surface area contributed by atoms with Crippen molar-refractivity contribution in [3.63, 3.8) is 0 Å². The molecule has 4 N–H and O–H groups in total. The summed E-state index contributed by atoms with van der Waals surface area (Å²) < 4.78 is 1.64. The van der Waals surface area contributed by atoms with Crippen molar-refractivity contribution in [3.05, 3.63) is 96.1 Å². The van der Waals surface area contributed by atoms with Gasteiger partial charge < -0.3 is 16.4 Å². The summed E-state index contributed by atoms with van der Waals surface area (Å²) in [7, 11) is 0. The van der Waals surface area contributed by atoms with E-state index in [-0.39, 0.29) is 6.03 Å². The Morgan fingerprint density at radius 3 is 2.37 bits per heavy atom. The summed E-state index contributed by atoms with van der Waals surface area (Å²) >= 11 is 0. The summed E-state index contributed by atoms with van der Waals surface area (Å²) in [5, 5.41) is 10.5. The first-order chi connectivity index (χ1) is 14.6. The number of nitrogen functional groups attached to an aromatic ring is 1. The average molecular weight is 397 g/mol. The lowest BCUT2D eigenvalue weighted by atomic mass is 10.1. The van der Waals surface area contributed by atoms with Crippen molar-refractivity contribution in [2.75, 3.05) is 11.1 Å². The van der Waals surface area contributed by atoms with E-state index < -0.39 is 0 Å². The Morgan fingerprint density at radius 2 is 1.67 bits per heavy atom. The number of aromatic nitrogens is 2. The molecule has 0 unspecified atom stereocenters. The molecule has 0 aliphatic heterocycles. The minimum atomic E-state index is -0.340. The molecule has 150 valence electrons. The normalized spacial score (nSPS) is 10.6. The van der Waals surface area contributed by atoms with E-state index in [2.05, 4.69) is 15.7 Å². The van der Waals surface area contributed by atoms with Crippen molar-refractivity contribution in [2.45, 2.75) is 13.5 Å². The third kappa shape index (κ3) is 4.17. The van der Waals surface area contributed by atoms with Gasteiger partial charge in [-0.05, 0) is 24.6 Å². The highest BCUT2D eigenvalue weighted by atomic mass is 16.2. The molecule has 4 rings (SSSR count). The lowest BCUT2D eigenvalue weighted by molar-refractivity contribution is 0.252. The van der Waals surface area contributed by atoms with E-state index in [0.717, 1.165) is 22.4 Å². The fourth-order valence-electron chi connectivity index (χ4n) is 3.28. The number of anilines is 2. The molecule has 1 heterocycles. The quantitative estimate of drug-likeness (QED) is 0.454. The van der Waals surface area contributed by atoms with Gasteiger partial charge in [-0.1, -0.05) is 78.4 Å². The summed E-state index contributed by atoms with van der Waals surface area (Å²) in [6, 6.07) is 26.9. The highest BCUT2D eigenvalue weighted by Gasteiger charge is 2.20. The Kier molecular flexibility index (Phi) is 5.48. The molecule has 4 aromatic rings. The second kappa shape index (κ2) is 8.53. The van der Waals surface area contributed by atoms with Crippen LogP contribution in [0.5, 0.6) is 0 Å². The van der Waals surface area contributed by atoms with Gasteiger partial charge in [0.25, 0.3) is 0 Å². The van der Waals surface area contributed by atoms with Crippen LogP contribution in [0.25, 0.3) is 16.9 Å². The van der Waals surface area contributed by atoms with Crippen LogP contribution in [0.1, 0.15) is 11.1 Å². The molecular formula is C24H23N5O. The predicted octanol–water partition coefficient (Wildman–Crippen LogP) is 4.75. The second-order valence-electron chi connectivity index (χ2n) is 7.02. The van der Waals surface area contributed by atoms with E-state index in [1.807, 2.05) is 91.9 Å². The van der Waals surface area contributed by atoms with E-state index in [0.29, 0.717) is 23.7 Å². The van der Waals surface area contributed by atoms with Crippen molar-refractivity contribution in [2.24, 2.45) is 0 Å². The van der Waals surface area contributed by atoms with Gasteiger partial charge in [-0.25, -0.2) is 9.48 Å². The molecule has 2 amide bonds. The number of nitrogens with one attached hydrogen (secondary N) is 2. The third-order valence-corrected chi connectivity index (χ3v) is 4.74. The molecular weight excluding hydrogens is 374 g/mol. The SMILES string of the molecule is Cc1cccc(CNC(=O)Nc2c(-c3ccccc3)nn(-c3ccccc3)c2N)c1. The molecule has 0 aliphatic carbocycles. The van der Waals surface area contributed by atoms with Crippen molar-refractivity contribution in [1.29, 1.82) is 0 Å². The maximum atomic E-state index is 12.6. The van der Waals surface area contributed by atoms with E-state index in [1.54, 1.807) is 4.68 Å². The van der Waals surface area contributed by atoms with Crippen LogP contribution in [0.2, 0.25) is 0 Å². The van der Waals surface area contributed by atoms with Gasteiger partial charge in [0, 0.05) is 12.1 Å². The third-order valence-electron chi connectivity index (χ3n) is 4.74. The highest BCUT2D eigenvalue weighted by molar-refractivity contribution is 5.97. The van der Waals surface area contributed by atoms with E-state index in [1.165, 1.54) is 0 Å². The number of nitrogens with two attached hydrogens (primary N) is 1. The monoisotopic (exact) mass is 397 g/mol. The van der Waals surface area contributed by atoms with Crippen LogP contribution in [0, 0.1) is 6.92 Å². The van der Waals surface area contributed by atoms with Crippen LogP contribution in [-0.4, -0.2) is 15.8 Å². The van der Waals surface area contributed by atoms with Crippen molar-refractivity contribution in [1.82, 2.24) is 15.1 Å². The number of carbonyl (C=O) groups excluding carboxylic acids is 1. The van der Waals surface area contributed by atoms with Crippen LogP contribution in [-0.2, 0) is 6.54 Å². The van der Waals surface area contributed by atoms with Crippen molar-refractivity contribution >= 4 is 17.5 Å². The fourth-order valence-corrected chi connectivity index (χ4v) is 3.28. The van der Waals surface area contributed by atoms with Crippen molar-refractivity contribution < 1.29 is 4.79 Å². The highest BCUT2D eigenvalue weighted by Crippen LogP contribution is 2.33. The van der Waals surface area contributed by atoms with Gasteiger partial charge in [0.1, 0.15) is 11.4 Å². The standard InChI is InChI=1S/C24H23N5O/c1-17-9-8-10-18(15-17)16-26-24(30)27-22-21(19-11-4-2-5-12-19)28-29(23(22)25)20-13-6-3-7-14-20/h2-15H,16,25H2,1H3,(H2,26,27,30). The van der Waals surface area contributed by atoms with Crippen LogP contribution < -0.4 is 16.4 Å². The molecule has 1 aromatic heterocycles. The topological polar surface area (TPSA) is 85.0 Å². The van der Waals surface area contributed by atoms with E-state index in [9.17, 15) is 4.79 Å². The molecule has 0 radical (unpaired) electrons. The summed E-state index contributed by atoms with van der Waals surface area (Å²) in [5.74, 6) is 0.366. The largest absolute Gasteiger partial charge is 0.382 e. The van der Waals surface area contributed by atoms with Crippen LogP contribution >= 0.6 is 0 Å². The number of urea groups is 1. The first-order valence-corrected chi connectivity index (χ1v) is 9.71. The molecule has 0 spiro atoms. The number of hydrogen-bond acceptors (Lipinski definition) is 3. The molecule has 0 saturated heterocycles. The second-order valence-corrected chi connectivity index (χ2v) is 7.02. The first-order valence-electron chi connectivity index (χ1n) is 9.71. The van der Waals surface area contributed by atoms with Crippen LogP contribution in [0.15, 0.2) is 84.9 Å². The average Bonchev–Trinajstić information content (AvgIpc) is 3.10. The molecule has 6 heteroatoms. The Morgan fingerprint density at radius 1 is 0.967 bits per heavy atom.